The summed E-state index contributed by atoms with van der Waals surface area (Å²) >= 11 is 0. The Kier molecular flexibility index (Phi) is 53.3. The fourth-order valence-electron chi connectivity index (χ4n) is 8.07. The summed E-state index contributed by atoms with van der Waals surface area (Å²) in [6.45, 7) is 6.58. The van der Waals surface area contributed by atoms with Crippen LogP contribution in [0.3, 0.4) is 0 Å². The molecule has 0 aliphatic carbocycles. The number of esters is 3. The van der Waals surface area contributed by atoms with Crippen LogP contribution in [0.2, 0.25) is 0 Å². The molecule has 6 nitrogen and oxygen atoms in total. The van der Waals surface area contributed by atoms with Crippen molar-refractivity contribution >= 4 is 17.9 Å². The predicted molar refractivity (Wildman–Crippen MR) is 288 cm³/mol. The molecule has 0 saturated carbocycles. The molecule has 0 fully saturated rings. The van der Waals surface area contributed by atoms with Crippen LogP contribution in [0.4, 0.5) is 0 Å². The van der Waals surface area contributed by atoms with E-state index in [0.717, 1.165) is 96.3 Å². The summed E-state index contributed by atoms with van der Waals surface area (Å²) in [4.78, 5) is 38.1. The van der Waals surface area contributed by atoms with Crippen molar-refractivity contribution in [3.8, 4) is 0 Å². The number of allylic oxidation sites excluding steroid dienone is 10. The van der Waals surface area contributed by atoms with E-state index in [4.69, 9.17) is 14.2 Å². The maximum atomic E-state index is 12.8. The van der Waals surface area contributed by atoms with Gasteiger partial charge in [0, 0.05) is 19.3 Å². The highest BCUT2D eigenvalue weighted by atomic mass is 16.6. The molecule has 0 aliphatic rings. The average molecular weight is 938 g/mol. The SMILES string of the molecule is CCCC/C=C\CCCCCCCC(=O)OCC(COC(=O)CCCCCCCCCC/C=C\C/C=C\C/C=C\CCCCCCC)OC(=O)CCCCCCC/C=C\CCCCCCCC. The van der Waals surface area contributed by atoms with Gasteiger partial charge in [-0.1, -0.05) is 229 Å². The Morgan fingerprint density at radius 2 is 0.552 bits per heavy atom. The first kappa shape index (κ1) is 64.1. The maximum Gasteiger partial charge on any atom is 0.306 e. The molecule has 0 rings (SSSR count). The Morgan fingerprint density at radius 3 is 0.896 bits per heavy atom. The number of ether oxygens (including phenoxy) is 3. The highest BCUT2D eigenvalue weighted by Gasteiger charge is 2.19. The van der Waals surface area contributed by atoms with Gasteiger partial charge in [-0.15, -0.1) is 0 Å². The second-order valence-electron chi connectivity index (χ2n) is 19.2. The molecule has 0 aromatic rings. The first-order valence-electron chi connectivity index (χ1n) is 28.8. The van der Waals surface area contributed by atoms with E-state index < -0.39 is 6.10 Å². The topological polar surface area (TPSA) is 78.9 Å². The molecule has 0 bridgehead atoms. The Morgan fingerprint density at radius 1 is 0.299 bits per heavy atom. The summed E-state index contributed by atoms with van der Waals surface area (Å²) in [5.74, 6) is -0.900. The molecular weight excluding hydrogens is 829 g/mol. The van der Waals surface area contributed by atoms with Crippen molar-refractivity contribution in [1.29, 1.82) is 0 Å². The van der Waals surface area contributed by atoms with Crippen LogP contribution in [0.25, 0.3) is 0 Å². The van der Waals surface area contributed by atoms with Crippen LogP contribution in [0.15, 0.2) is 60.8 Å². The monoisotopic (exact) mass is 937 g/mol. The third-order valence-electron chi connectivity index (χ3n) is 12.5. The largest absolute Gasteiger partial charge is 0.462 e. The first-order chi connectivity index (χ1) is 33.0. The number of hydrogen-bond acceptors (Lipinski definition) is 6. The molecule has 6 heteroatoms. The van der Waals surface area contributed by atoms with E-state index in [2.05, 4.69) is 81.5 Å². The maximum absolute atomic E-state index is 12.8. The highest BCUT2D eigenvalue weighted by molar-refractivity contribution is 5.71. The van der Waals surface area contributed by atoms with Crippen LogP contribution >= 0.6 is 0 Å². The lowest BCUT2D eigenvalue weighted by Crippen LogP contribution is -2.30. The second kappa shape index (κ2) is 55.7. The van der Waals surface area contributed by atoms with E-state index in [1.807, 2.05) is 0 Å². The number of hydrogen-bond donors (Lipinski definition) is 0. The molecule has 0 aromatic carbocycles. The molecule has 1 unspecified atom stereocenters. The normalized spacial score (nSPS) is 12.5. The van der Waals surface area contributed by atoms with E-state index in [0.29, 0.717) is 19.3 Å². The fraction of sp³-hybridized carbons (Fsp3) is 0.787. The first-order valence-corrected chi connectivity index (χ1v) is 28.8. The number of carbonyl (C=O) groups excluding carboxylic acids is 3. The molecule has 0 amide bonds. The van der Waals surface area contributed by atoms with Gasteiger partial charge >= 0.3 is 17.9 Å². The van der Waals surface area contributed by atoms with Gasteiger partial charge in [0.2, 0.25) is 0 Å². The molecule has 0 spiro atoms. The summed E-state index contributed by atoms with van der Waals surface area (Å²) in [5.41, 5.74) is 0. The van der Waals surface area contributed by atoms with E-state index in [9.17, 15) is 14.4 Å². The van der Waals surface area contributed by atoms with Crippen molar-refractivity contribution in [3.63, 3.8) is 0 Å². The van der Waals surface area contributed by atoms with Crippen molar-refractivity contribution in [3.05, 3.63) is 60.8 Å². The van der Waals surface area contributed by atoms with Crippen LogP contribution in [-0.4, -0.2) is 37.2 Å². The van der Waals surface area contributed by atoms with E-state index in [1.54, 1.807) is 0 Å². The zero-order chi connectivity index (χ0) is 48.6. The smallest absolute Gasteiger partial charge is 0.306 e. The molecule has 0 radical (unpaired) electrons. The third-order valence-corrected chi connectivity index (χ3v) is 12.5. The Hall–Kier alpha value is -2.89. The van der Waals surface area contributed by atoms with E-state index >= 15 is 0 Å². The van der Waals surface area contributed by atoms with Crippen LogP contribution in [0, 0.1) is 0 Å². The number of unbranched alkanes of at least 4 members (excludes halogenated alkanes) is 31. The molecule has 0 N–H and O–H groups in total. The predicted octanol–water partition coefficient (Wildman–Crippen LogP) is 19.2. The van der Waals surface area contributed by atoms with Crippen molar-refractivity contribution in [2.45, 2.75) is 297 Å². The van der Waals surface area contributed by atoms with Gasteiger partial charge < -0.3 is 14.2 Å². The van der Waals surface area contributed by atoms with Crippen LogP contribution in [0.1, 0.15) is 290 Å². The van der Waals surface area contributed by atoms with Crippen molar-refractivity contribution in [1.82, 2.24) is 0 Å². The molecule has 67 heavy (non-hydrogen) atoms. The summed E-state index contributed by atoms with van der Waals surface area (Å²) in [7, 11) is 0. The lowest BCUT2D eigenvalue weighted by molar-refractivity contribution is -0.167. The minimum absolute atomic E-state index is 0.0834. The van der Waals surface area contributed by atoms with Crippen molar-refractivity contribution < 1.29 is 28.6 Å². The van der Waals surface area contributed by atoms with E-state index in [1.165, 1.54) is 154 Å². The number of rotatable bonds is 52. The zero-order valence-electron chi connectivity index (χ0n) is 44.4. The average Bonchev–Trinajstić information content (AvgIpc) is 3.33. The Labute approximate surface area is 415 Å². The molecule has 1 atom stereocenters. The molecular formula is C61H108O6. The number of carbonyl (C=O) groups is 3. The minimum atomic E-state index is -0.784. The van der Waals surface area contributed by atoms with Crippen LogP contribution in [0.5, 0.6) is 0 Å². The zero-order valence-corrected chi connectivity index (χ0v) is 44.4. The fourth-order valence-corrected chi connectivity index (χ4v) is 8.07. The Bertz CT molecular complexity index is 1210. The highest BCUT2D eigenvalue weighted by Crippen LogP contribution is 2.15. The van der Waals surface area contributed by atoms with Gasteiger partial charge in [-0.05, 0) is 103 Å². The minimum Gasteiger partial charge on any atom is -0.462 e. The summed E-state index contributed by atoms with van der Waals surface area (Å²) < 4.78 is 16.8. The summed E-state index contributed by atoms with van der Waals surface area (Å²) in [6, 6.07) is 0. The van der Waals surface area contributed by atoms with Gasteiger partial charge in [-0.3, -0.25) is 14.4 Å². The second-order valence-corrected chi connectivity index (χ2v) is 19.2. The van der Waals surface area contributed by atoms with Crippen molar-refractivity contribution in [2.24, 2.45) is 0 Å². The van der Waals surface area contributed by atoms with Gasteiger partial charge in [0.1, 0.15) is 13.2 Å². The van der Waals surface area contributed by atoms with Gasteiger partial charge in [0.05, 0.1) is 0 Å². The lowest BCUT2D eigenvalue weighted by Gasteiger charge is -2.18. The van der Waals surface area contributed by atoms with Crippen LogP contribution in [-0.2, 0) is 28.6 Å². The van der Waals surface area contributed by atoms with Gasteiger partial charge in [-0.25, -0.2) is 0 Å². The summed E-state index contributed by atoms with van der Waals surface area (Å²) in [6.07, 6.45) is 69.3. The molecule has 0 heterocycles. The van der Waals surface area contributed by atoms with Crippen LogP contribution < -0.4 is 0 Å². The third kappa shape index (κ3) is 53.9. The molecule has 0 aliphatic heterocycles. The van der Waals surface area contributed by atoms with Crippen molar-refractivity contribution in [2.75, 3.05) is 13.2 Å². The lowest BCUT2D eigenvalue weighted by atomic mass is 10.1. The standard InChI is InChI=1S/C61H108O6/c1-4-7-10-13-16-19-22-24-26-27-28-29-30-31-32-33-35-36-39-42-45-48-51-54-60(63)66-57-58(56-65-59(62)53-50-47-44-41-38-21-18-15-12-9-6-3)67-61(64)55-52-49-46-43-40-37-34-25-23-20-17-14-11-8-5-2/h15,18,22,24-25,27-28,30-31,34,58H,4-14,16-17,19-21,23,26,29,32-33,35-57H2,1-3H3/b18-15-,24-22-,28-27-,31-30-,34-25-. The molecule has 0 saturated heterocycles. The Balaban J connectivity index is 4.31. The quantitative estimate of drug-likeness (QED) is 0.0262. The van der Waals surface area contributed by atoms with Gasteiger partial charge in [-0.2, -0.15) is 0 Å². The van der Waals surface area contributed by atoms with E-state index in [-0.39, 0.29) is 31.1 Å². The molecule has 0 aromatic heterocycles. The van der Waals surface area contributed by atoms with Gasteiger partial charge in [0.15, 0.2) is 6.10 Å². The van der Waals surface area contributed by atoms with Gasteiger partial charge in [0.25, 0.3) is 0 Å². The summed E-state index contributed by atoms with van der Waals surface area (Å²) in [5, 5.41) is 0. The molecule has 388 valence electrons.